The van der Waals surface area contributed by atoms with Crippen molar-refractivity contribution in [1.82, 2.24) is 0 Å². The van der Waals surface area contributed by atoms with Crippen LogP contribution in [-0.2, 0) is 0 Å². The quantitative estimate of drug-likeness (QED) is 0.763. The number of aromatic hydroxyl groups is 2. The van der Waals surface area contributed by atoms with E-state index in [1.54, 1.807) is 20.8 Å². The summed E-state index contributed by atoms with van der Waals surface area (Å²) in [4.78, 5) is 0. The van der Waals surface area contributed by atoms with Gasteiger partial charge in [-0.2, -0.15) is 0 Å². The third kappa shape index (κ3) is 1.50. The molecule has 3 heteroatoms. The average molecular weight is 196 g/mol. The average Bonchev–Trinajstić information content (AvgIpc) is 2.19. The van der Waals surface area contributed by atoms with Crippen molar-refractivity contribution in [3.8, 4) is 17.2 Å². The van der Waals surface area contributed by atoms with Crippen molar-refractivity contribution < 1.29 is 14.9 Å². The fourth-order valence-corrected chi connectivity index (χ4v) is 1.53. The first-order chi connectivity index (χ1) is 6.50. The van der Waals surface area contributed by atoms with Crippen molar-refractivity contribution >= 4 is 0 Å². The third-order valence-corrected chi connectivity index (χ3v) is 2.39. The molecule has 1 aromatic rings. The van der Waals surface area contributed by atoms with Gasteiger partial charge < -0.3 is 14.9 Å². The van der Waals surface area contributed by atoms with E-state index in [1.165, 1.54) is 0 Å². The second-order valence-corrected chi connectivity index (χ2v) is 3.33. The molecule has 0 spiro atoms. The van der Waals surface area contributed by atoms with Gasteiger partial charge in [0.2, 0.25) is 0 Å². The van der Waals surface area contributed by atoms with E-state index < -0.39 is 0 Å². The lowest BCUT2D eigenvalue weighted by atomic mass is 10.0. The summed E-state index contributed by atoms with van der Waals surface area (Å²) in [6, 6.07) is 0. The molecule has 0 heterocycles. The Morgan fingerprint density at radius 1 is 0.929 bits per heavy atom. The lowest BCUT2D eigenvalue weighted by Crippen LogP contribution is -1.98. The van der Waals surface area contributed by atoms with Gasteiger partial charge in [0.25, 0.3) is 0 Å². The van der Waals surface area contributed by atoms with E-state index in [-0.39, 0.29) is 11.5 Å². The van der Waals surface area contributed by atoms with Crippen molar-refractivity contribution in [3.63, 3.8) is 0 Å². The highest BCUT2D eigenvalue weighted by molar-refractivity contribution is 5.60. The van der Waals surface area contributed by atoms with Crippen molar-refractivity contribution in [2.45, 2.75) is 27.7 Å². The minimum Gasteiger partial charge on any atom is -0.507 e. The number of benzene rings is 1. The summed E-state index contributed by atoms with van der Waals surface area (Å²) in [5.41, 5.74) is 1.86. The molecular weight excluding hydrogens is 180 g/mol. The maximum atomic E-state index is 9.68. The fourth-order valence-electron chi connectivity index (χ4n) is 1.53. The predicted molar refractivity (Wildman–Crippen MR) is 55.2 cm³/mol. The molecule has 1 rings (SSSR count). The molecule has 0 saturated carbocycles. The minimum absolute atomic E-state index is 0.108. The zero-order valence-electron chi connectivity index (χ0n) is 9.01. The SMILES string of the molecule is CCOc1c(C)c(O)c(C)c(O)c1C. The van der Waals surface area contributed by atoms with Gasteiger partial charge in [0, 0.05) is 16.7 Å². The van der Waals surface area contributed by atoms with Crippen molar-refractivity contribution in [1.29, 1.82) is 0 Å². The standard InChI is InChI=1S/C11H16O3/c1-5-14-11-7(3)9(12)6(2)10(13)8(11)4/h12-13H,5H2,1-4H3. The normalized spacial score (nSPS) is 10.3. The van der Waals surface area contributed by atoms with Gasteiger partial charge in [-0.25, -0.2) is 0 Å². The predicted octanol–water partition coefficient (Wildman–Crippen LogP) is 2.42. The smallest absolute Gasteiger partial charge is 0.132 e. The molecule has 14 heavy (non-hydrogen) atoms. The first kappa shape index (κ1) is 10.7. The van der Waals surface area contributed by atoms with Crippen LogP contribution in [-0.4, -0.2) is 16.8 Å². The van der Waals surface area contributed by atoms with Gasteiger partial charge in [-0.05, 0) is 27.7 Å². The Morgan fingerprint density at radius 3 is 1.71 bits per heavy atom. The second kappa shape index (κ2) is 3.78. The number of hydrogen-bond acceptors (Lipinski definition) is 3. The van der Waals surface area contributed by atoms with Crippen LogP contribution in [0.3, 0.4) is 0 Å². The van der Waals surface area contributed by atoms with E-state index in [1.807, 2.05) is 6.92 Å². The van der Waals surface area contributed by atoms with Gasteiger partial charge in [-0.15, -0.1) is 0 Å². The molecule has 0 atom stereocenters. The molecule has 78 valence electrons. The molecule has 0 aliphatic carbocycles. The van der Waals surface area contributed by atoms with Gasteiger partial charge in [0.1, 0.15) is 17.2 Å². The summed E-state index contributed by atoms with van der Waals surface area (Å²) < 4.78 is 5.36. The molecule has 0 saturated heterocycles. The van der Waals surface area contributed by atoms with Crippen LogP contribution in [0.4, 0.5) is 0 Å². The van der Waals surface area contributed by atoms with E-state index in [2.05, 4.69) is 0 Å². The Kier molecular flexibility index (Phi) is 2.89. The lowest BCUT2D eigenvalue weighted by molar-refractivity contribution is 0.327. The molecule has 0 bridgehead atoms. The second-order valence-electron chi connectivity index (χ2n) is 3.33. The van der Waals surface area contributed by atoms with Gasteiger partial charge in [0.05, 0.1) is 6.61 Å². The molecule has 0 amide bonds. The van der Waals surface area contributed by atoms with Crippen LogP contribution in [0.15, 0.2) is 0 Å². The van der Waals surface area contributed by atoms with Crippen LogP contribution < -0.4 is 4.74 Å². The molecule has 0 radical (unpaired) electrons. The minimum atomic E-state index is 0.108. The molecule has 0 fully saturated rings. The zero-order valence-corrected chi connectivity index (χ0v) is 9.01. The van der Waals surface area contributed by atoms with Gasteiger partial charge >= 0.3 is 0 Å². The summed E-state index contributed by atoms with van der Waals surface area (Å²) in [5, 5.41) is 19.4. The Bertz CT molecular complexity index is 327. The van der Waals surface area contributed by atoms with Crippen LogP contribution in [0, 0.1) is 20.8 Å². The molecule has 2 N–H and O–H groups in total. The molecule has 0 unspecified atom stereocenters. The van der Waals surface area contributed by atoms with Crippen LogP contribution in [0.5, 0.6) is 17.2 Å². The number of phenols is 2. The first-order valence-corrected chi connectivity index (χ1v) is 4.65. The highest BCUT2D eigenvalue weighted by Gasteiger charge is 2.16. The third-order valence-electron chi connectivity index (χ3n) is 2.39. The van der Waals surface area contributed by atoms with Gasteiger partial charge in [-0.3, -0.25) is 0 Å². The zero-order chi connectivity index (χ0) is 10.9. The maximum Gasteiger partial charge on any atom is 0.132 e. The summed E-state index contributed by atoms with van der Waals surface area (Å²) in [7, 11) is 0. The Balaban J connectivity index is 3.43. The van der Waals surface area contributed by atoms with E-state index in [0.717, 1.165) is 0 Å². The summed E-state index contributed by atoms with van der Waals surface area (Å²) in [6.45, 7) is 7.62. The number of phenolic OH excluding ortho intramolecular Hbond substituents is 2. The number of hydrogen-bond donors (Lipinski definition) is 2. The highest BCUT2D eigenvalue weighted by atomic mass is 16.5. The topological polar surface area (TPSA) is 49.7 Å². The Hall–Kier alpha value is -1.38. The number of ether oxygens (including phenoxy) is 1. The molecule has 1 aromatic carbocycles. The van der Waals surface area contributed by atoms with Crippen LogP contribution in [0.25, 0.3) is 0 Å². The Labute approximate surface area is 84.0 Å². The summed E-state index contributed by atoms with van der Waals surface area (Å²) >= 11 is 0. The molecular formula is C11H16O3. The van der Waals surface area contributed by atoms with E-state index in [4.69, 9.17) is 4.74 Å². The van der Waals surface area contributed by atoms with Gasteiger partial charge in [0.15, 0.2) is 0 Å². The van der Waals surface area contributed by atoms with Crippen LogP contribution in [0.1, 0.15) is 23.6 Å². The monoisotopic (exact) mass is 196 g/mol. The van der Waals surface area contributed by atoms with Crippen molar-refractivity contribution in [2.75, 3.05) is 6.61 Å². The molecule has 0 aliphatic heterocycles. The fraction of sp³-hybridized carbons (Fsp3) is 0.455. The van der Waals surface area contributed by atoms with Crippen LogP contribution >= 0.6 is 0 Å². The molecule has 0 aromatic heterocycles. The highest BCUT2D eigenvalue weighted by Crippen LogP contribution is 2.40. The van der Waals surface area contributed by atoms with E-state index >= 15 is 0 Å². The van der Waals surface area contributed by atoms with Crippen molar-refractivity contribution in [3.05, 3.63) is 16.7 Å². The maximum absolute atomic E-state index is 9.68. The lowest BCUT2D eigenvalue weighted by Gasteiger charge is -2.15. The Morgan fingerprint density at radius 2 is 1.36 bits per heavy atom. The first-order valence-electron chi connectivity index (χ1n) is 4.65. The van der Waals surface area contributed by atoms with Gasteiger partial charge in [-0.1, -0.05) is 0 Å². The largest absolute Gasteiger partial charge is 0.507 e. The van der Waals surface area contributed by atoms with E-state index in [0.29, 0.717) is 29.0 Å². The number of rotatable bonds is 2. The summed E-state index contributed by atoms with van der Waals surface area (Å²) in [6.07, 6.45) is 0. The molecule has 0 aliphatic rings. The summed E-state index contributed by atoms with van der Waals surface area (Å²) in [5.74, 6) is 0.793. The van der Waals surface area contributed by atoms with Crippen LogP contribution in [0.2, 0.25) is 0 Å². The molecule has 3 nitrogen and oxygen atoms in total. The van der Waals surface area contributed by atoms with E-state index in [9.17, 15) is 10.2 Å². The van der Waals surface area contributed by atoms with Crippen molar-refractivity contribution in [2.24, 2.45) is 0 Å².